The number of aliphatic imine (C=N–C) groups is 2. The van der Waals surface area contributed by atoms with E-state index in [4.69, 9.17) is 27.3 Å². The van der Waals surface area contributed by atoms with Crippen LogP contribution in [0.5, 0.6) is 0 Å². The molecule has 300 valence electrons. The molecule has 6 aromatic rings. The van der Waals surface area contributed by atoms with E-state index in [0.717, 1.165) is 5.56 Å². The Kier molecular flexibility index (Phi) is 9.97. The molecule has 3 aliphatic rings. The Labute approximate surface area is 353 Å². The van der Waals surface area contributed by atoms with Crippen molar-refractivity contribution in [2.45, 2.75) is 42.3 Å². The van der Waals surface area contributed by atoms with Crippen LogP contribution in [-0.4, -0.2) is 47.2 Å². The summed E-state index contributed by atoms with van der Waals surface area (Å²) in [5.41, 5.74) is 8.85. The molecule has 1 atom stereocenters. The van der Waals surface area contributed by atoms with Gasteiger partial charge in [0.15, 0.2) is 17.0 Å². The van der Waals surface area contributed by atoms with Crippen LogP contribution >= 0.6 is 11.6 Å². The topological polar surface area (TPSA) is 150 Å². The van der Waals surface area contributed by atoms with E-state index in [-0.39, 0.29) is 42.1 Å². The van der Waals surface area contributed by atoms with E-state index in [1.165, 1.54) is 4.90 Å². The minimum atomic E-state index is -3.50. The van der Waals surface area contributed by atoms with E-state index in [0.29, 0.717) is 57.1 Å². The SMILES string of the molecule is NC1=NC(c2ccccc2)(c2ccc(NC3=NC(c4ccccc4)(c4ccccc4)C(=O)N3Cc3cccc(NS(=O)(=O)C4CC4)c3)cc2)C(=O)N1Cc1ccc(Cl)cc1. The lowest BCUT2D eigenvalue weighted by molar-refractivity contribution is -0.131. The molecule has 1 unspecified atom stereocenters. The number of carbonyl (C=O) groups excluding carboxylic acids is 2. The molecule has 0 bridgehead atoms. The van der Waals surface area contributed by atoms with Gasteiger partial charge in [0.1, 0.15) is 0 Å². The van der Waals surface area contributed by atoms with Crippen molar-refractivity contribution in [1.82, 2.24) is 9.80 Å². The van der Waals surface area contributed by atoms with Crippen molar-refractivity contribution in [3.8, 4) is 0 Å². The zero-order valence-electron chi connectivity index (χ0n) is 32.3. The Morgan fingerprint density at radius 1 is 0.600 bits per heavy atom. The quantitative estimate of drug-likeness (QED) is 0.116. The molecule has 2 amide bonds. The second kappa shape index (κ2) is 15.4. The summed E-state index contributed by atoms with van der Waals surface area (Å²) >= 11 is 6.13. The molecule has 6 aromatic carbocycles. The van der Waals surface area contributed by atoms with Gasteiger partial charge in [0.05, 0.1) is 18.3 Å². The molecule has 1 aliphatic carbocycles. The molecule has 0 spiro atoms. The zero-order valence-corrected chi connectivity index (χ0v) is 33.9. The molecule has 13 heteroatoms. The maximum absolute atomic E-state index is 15.1. The molecule has 0 radical (unpaired) electrons. The lowest BCUT2D eigenvalue weighted by Crippen LogP contribution is -2.43. The van der Waals surface area contributed by atoms with E-state index in [1.807, 2.05) is 133 Å². The lowest BCUT2D eigenvalue weighted by Gasteiger charge is -2.28. The standard InChI is InChI=1S/C47H40ClN7O4S/c48-38-23-19-32(20-24-38)30-54-42(56)46(51-44(54)49,34-12-4-1-5-13-34)37-21-25-39(26-22-37)50-45-52-47(35-14-6-2-7-15-35,36-16-8-3-9-17-36)43(57)55(45)31-33-11-10-18-40(29-33)53-60(58,59)41-27-28-41/h1-26,29,41,53H,27-28,30-31H2,(H2,49,51)(H,50,52). The second-order valence-electron chi connectivity index (χ2n) is 15.1. The van der Waals surface area contributed by atoms with Gasteiger partial charge in [-0.2, -0.15) is 0 Å². The molecule has 1 saturated carbocycles. The number of nitrogens with zero attached hydrogens (tertiary/aromatic N) is 4. The van der Waals surface area contributed by atoms with Crippen LogP contribution in [0.1, 0.15) is 46.2 Å². The first-order chi connectivity index (χ1) is 29.1. The smallest absolute Gasteiger partial charge is 0.266 e. The highest BCUT2D eigenvalue weighted by atomic mass is 35.5. The van der Waals surface area contributed by atoms with Crippen LogP contribution in [0, 0.1) is 0 Å². The first-order valence-electron chi connectivity index (χ1n) is 19.6. The summed E-state index contributed by atoms with van der Waals surface area (Å²) in [5, 5.41) is 3.62. The van der Waals surface area contributed by atoms with Gasteiger partial charge in [-0.25, -0.2) is 18.4 Å². The molecule has 9 rings (SSSR count). The summed E-state index contributed by atoms with van der Waals surface area (Å²) < 4.78 is 28.4. The van der Waals surface area contributed by atoms with Crippen molar-refractivity contribution in [2.75, 3.05) is 10.0 Å². The molecule has 1 fully saturated rings. The maximum Gasteiger partial charge on any atom is 0.266 e. The fourth-order valence-electron chi connectivity index (χ4n) is 7.89. The van der Waals surface area contributed by atoms with Gasteiger partial charge in [-0.1, -0.05) is 139 Å². The van der Waals surface area contributed by atoms with E-state index in [1.54, 1.807) is 35.2 Å². The van der Waals surface area contributed by atoms with E-state index in [9.17, 15) is 13.2 Å². The van der Waals surface area contributed by atoms with Gasteiger partial charge in [-0.3, -0.25) is 24.1 Å². The summed E-state index contributed by atoms with van der Waals surface area (Å²) in [5.74, 6) is -0.197. The highest BCUT2D eigenvalue weighted by Crippen LogP contribution is 2.43. The molecular formula is C47H40ClN7O4S. The monoisotopic (exact) mass is 833 g/mol. The van der Waals surface area contributed by atoms with Gasteiger partial charge < -0.3 is 11.1 Å². The number of amides is 2. The number of anilines is 2. The van der Waals surface area contributed by atoms with Crippen molar-refractivity contribution >= 4 is 56.7 Å². The molecule has 60 heavy (non-hydrogen) atoms. The van der Waals surface area contributed by atoms with Gasteiger partial charge in [0.25, 0.3) is 11.8 Å². The Morgan fingerprint density at radius 3 is 1.68 bits per heavy atom. The number of sulfonamides is 1. The number of benzene rings is 6. The first-order valence-corrected chi connectivity index (χ1v) is 21.5. The number of halogens is 1. The average Bonchev–Trinajstić information content (AvgIpc) is 4.07. The normalized spacial score (nSPS) is 18.6. The van der Waals surface area contributed by atoms with Gasteiger partial charge >= 0.3 is 0 Å². The van der Waals surface area contributed by atoms with Crippen molar-refractivity contribution in [1.29, 1.82) is 0 Å². The fourth-order valence-corrected chi connectivity index (χ4v) is 9.40. The first kappa shape index (κ1) is 38.7. The summed E-state index contributed by atoms with van der Waals surface area (Å²) in [4.78, 5) is 42.9. The number of hydrogen-bond donors (Lipinski definition) is 3. The minimum Gasteiger partial charge on any atom is -0.369 e. The Morgan fingerprint density at radius 2 is 1.12 bits per heavy atom. The minimum absolute atomic E-state index is 0.0895. The summed E-state index contributed by atoms with van der Waals surface area (Å²) in [6.45, 7) is 0.301. The predicted molar refractivity (Wildman–Crippen MR) is 235 cm³/mol. The number of nitrogens with one attached hydrogen (secondary N) is 2. The van der Waals surface area contributed by atoms with Gasteiger partial charge in [-0.05, 0) is 82.6 Å². The van der Waals surface area contributed by atoms with Crippen molar-refractivity contribution in [2.24, 2.45) is 15.7 Å². The molecule has 11 nitrogen and oxygen atoms in total. The van der Waals surface area contributed by atoms with Crippen LogP contribution in [0.15, 0.2) is 174 Å². The third-order valence-corrected chi connectivity index (χ3v) is 13.2. The van der Waals surface area contributed by atoms with Crippen LogP contribution < -0.4 is 15.8 Å². The van der Waals surface area contributed by atoms with Crippen LogP contribution in [0.2, 0.25) is 5.02 Å². The number of guanidine groups is 2. The number of rotatable bonds is 12. The summed E-state index contributed by atoms with van der Waals surface area (Å²) in [6, 6.07) is 49.8. The fraction of sp³-hybridized carbons (Fsp3) is 0.149. The number of carbonyl (C=O) groups is 2. The largest absolute Gasteiger partial charge is 0.369 e. The van der Waals surface area contributed by atoms with E-state index < -0.39 is 21.1 Å². The van der Waals surface area contributed by atoms with E-state index >= 15 is 4.79 Å². The zero-order chi connectivity index (χ0) is 41.5. The molecule has 4 N–H and O–H groups in total. The van der Waals surface area contributed by atoms with Gasteiger partial charge in [0, 0.05) is 16.4 Å². The molecule has 2 aliphatic heterocycles. The molecule has 0 aromatic heterocycles. The lowest BCUT2D eigenvalue weighted by atomic mass is 9.82. The van der Waals surface area contributed by atoms with Crippen molar-refractivity contribution < 1.29 is 18.0 Å². The van der Waals surface area contributed by atoms with E-state index in [2.05, 4.69) is 10.0 Å². The van der Waals surface area contributed by atoms with Crippen LogP contribution in [0.4, 0.5) is 11.4 Å². The van der Waals surface area contributed by atoms with Crippen LogP contribution in [-0.2, 0) is 43.8 Å². The Hall–Kier alpha value is -6.76. The Balaban J connectivity index is 1.08. The third-order valence-electron chi connectivity index (χ3n) is 11.1. The summed E-state index contributed by atoms with van der Waals surface area (Å²) in [6.07, 6.45) is 1.27. The molecule has 0 saturated heterocycles. The highest BCUT2D eigenvalue weighted by Gasteiger charge is 2.52. The third kappa shape index (κ3) is 7.07. The van der Waals surface area contributed by atoms with Gasteiger partial charge in [-0.15, -0.1) is 0 Å². The number of nitrogens with two attached hydrogens (primary N) is 1. The van der Waals surface area contributed by atoms with Crippen molar-refractivity contribution in [3.63, 3.8) is 0 Å². The highest BCUT2D eigenvalue weighted by molar-refractivity contribution is 7.93. The average molecular weight is 834 g/mol. The second-order valence-corrected chi connectivity index (χ2v) is 17.5. The van der Waals surface area contributed by atoms with Crippen LogP contribution in [0.3, 0.4) is 0 Å². The van der Waals surface area contributed by atoms with Crippen LogP contribution in [0.25, 0.3) is 0 Å². The maximum atomic E-state index is 15.1. The van der Waals surface area contributed by atoms with Crippen molar-refractivity contribution in [3.05, 3.63) is 202 Å². The van der Waals surface area contributed by atoms with Gasteiger partial charge in [0.2, 0.25) is 16.0 Å². The summed E-state index contributed by atoms with van der Waals surface area (Å²) in [7, 11) is -3.50. The number of hydrogen-bond acceptors (Lipinski definition) is 8. The Bertz CT molecular complexity index is 2710. The molecule has 2 heterocycles. The predicted octanol–water partition coefficient (Wildman–Crippen LogP) is 7.60. The molecular weight excluding hydrogens is 794 g/mol.